The number of hydrogen-bond donors (Lipinski definition) is 2. The molecule has 0 aliphatic heterocycles. The highest BCUT2D eigenvalue weighted by Gasteiger charge is 2.19. The summed E-state index contributed by atoms with van der Waals surface area (Å²) in [6, 6.07) is 18.8. The van der Waals surface area contributed by atoms with Gasteiger partial charge in [-0.1, -0.05) is 24.3 Å². The maximum atomic E-state index is 13.1. The Kier molecular flexibility index (Phi) is 5.50. The van der Waals surface area contributed by atoms with Crippen LogP contribution in [-0.4, -0.2) is 15.9 Å². The van der Waals surface area contributed by atoms with Crippen molar-refractivity contribution in [3.8, 4) is 22.4 Å². The lowest BCUT2D eigenvalue weighted by Crippen LogP contribution is -2.11. The van der Waals surface area contributed by atoms with Crippen LogP contribution in [0.5, 0.6) is 0 Å². The smallest absolute Gasteiger partial charge is 0.265 e. The molecule has 4 nitrogen and oxygen atoms in total. The van der Waals surface area contributed by atoms with Gasteiger partial charge in [-0.3, -0.25) is 9.78 Å². The van der Waals surface area contributed by atoms with Crippen molar-refractivity contribution in [1.29, 1.82) is 0 Å². The zero-order valence-electron chi connectivity index (χ0n) is 19.9. The number of carbonyl (C=O) groups excluding carboxylic acids is 1. The summed E-state index contributed by atoms with van der Waals surface area (Å²) in [4.78, 5) is 23.2. The van der Waals surface area contributed by atoms with Crippen LogP contribution in [0.4, 0.5) is 5.69 Å². The van der Waals surface area contributed by atoms with Crippen LogP contribution >= 0.6 is 11.3 Å². The number of thiophene rings is 1. The molecule has 1 aliphatic carbocycles. The summed E-state index contributed by atoms with van der Waals surface area (Å²) in [7, 11) is 0. The van der Waals surface area contributed by atoms with E-state index in [1.165, 1.54) is 34.2 Å². The normalized spacial score (nSPS) is 13.1. The Bertz CT molecular complexity index is 1540. The molecule has 0 bridgehead atoms. The van der Waals surface area contributed by atoms with Gasteiger partial charge in [-0.05, 0) is 97.7 Å². The van der Waals surface area contributed by atoms with E-state index < -0.39 is 0 Å². The van der Waals surface area contributed by atoms with Gasteiger partial charge in [0.15, 0.2) is 0 Å². The Morgan fingerprint density at radius 2 is 1.89 bits per heavy atom. The lowest BCUT2D eigenvalue weighted by molar-refractivity contribution is 0.103. The summed E-state index contributed by atoms with van der Waals surface area (Å²) < 4.78 is 0. The molecule has 6 rings (SSSR count). The number of fused-ring (bicyclic) bond motifs is 2. The van der Waals surface area contributed by atoms with Crippen molar-refractivity contribution >= 4 is 33.8 Å². The molecule has 0 atom stereocenters. The van der Waals surface area contributed by atoms with E-state index in [9.17, 15) is 4.79 Å². The molecule has 0 spiro atoms. The quantitative estimate of drug-likeness (QED) is 0.278. The SMILES string of the molecule is Cc1c(NC(=O)c2cc3c(s2)CCCC3)cccc1-c1ccc(C)c2[nH]c(-c3cccnc3)cc12. The van der Waals surface area contributed by atoms with Crippen LogP contribution in [0.15, 0.2) is 67.0 Å². The van der Waals surface area contributed by atoms with Gasteiger partial charge < -0.3 is 10.3 Å². The number of aromatic nitrogens is 2. The fourth-order valence-electron chi connectivity index (χ4n) is 5.12. The molecular formula is C30H27N3OS. The third-order valence-electron chi connectivity index (χ3n) is 7.07. The molecule has 2 N–H and O–H groups in total. The number of nitrogens with one attached hydrogen (secondary N) is 2. The standard InChI is InChI=1S/C30H27N3OS/c1-18-12-13-23(24-16-26(32-29(18)24)21-8-6-14-31-17-21)22-9-5-10-25(19(22)2)33-30(34)28-15-20-7-3-4-11-27(20)35-28/h5-6,8-10,12-17,32H,3-4,7,11H2,1-2H3,(H,33,34). The predicted molar refractivity (Wildman–Crippen MR) is 145 cm³/mol. The summed E-state index contributed by atoms with van der Waals surface area (Å²) in [5.41, 5.74) is 9.98. The van der Waals surface area contributed by atoms with E-state index >= 15 is 0 Å². The number of pyridine rings is 1. The van der Waals surface area contributed by atoms with Crippen molar-refractivity contribution in [1.82, 2.24) is 9.97 Å². The van der Waals surface area contributed by atoms with Crippen molar-refractivity contribution in [2.24, 2.45) is 0 Å². The van der Waals surface area contributed by atoms with E-state index in [0.29, 0.717) is 0 Å². The fourth-order valence-corrected chi connectivity index (χ4v) is 6.27. The number of benzene rings is 2. The van der Waals surface area contributed by atoms with Gasteiger partial charge in [-0.25, -0.2) is 0 Å². The van der Waals surface area contributed by atoms with E-state index in [4.69, 9.17) is 0 Å². The number of hydrogen-bond acceptors (Lipinski definition) is 3. The minimum atomic E-state index is -0.0146. The van der Waals surface area contributed by atoms with Crippen molar-refractivity contribution in [2.75, 3.05) is 5.32 Å². The van der Waals surface area contributed by atoms with Crippen LogP contribution in [0.25, 0.3) is 33.3 Å². The Morgan fingerprint density at radius 3 is 2.71 bits per heavy atom. The highest BCUT2D eigenvalue weighted by atomic mass is 32.1. The molecule has 0 saturated carbocycles. The topological polar surface area (TPSA) is 57.8 Å². The van der Waals surface area contributed by atoms with Crippen LogP contribution in [0.1, 0.15) is 44.1 Å². The van der Waals surface area contributed by atoms with E-state index in [1.54, 1.807) is 17.5 Å². The average molecular weight is 478 g/mol. The number of carbonyl (C=O) groups is 1. The zero-order valence-corrected chi connectivity index (χ0v) is 20.8. The molecule has 0 saturated heterocycles. The van der Waals surface area contributed by atoms with Gasteiger partial charge in [0, 0.05) is 45.1 Å². The lowest BCUT2D eigenvalue weighted by atomic mass is 9.95. The molecule has 3 aromatic heterocycles. The van der Waals surface area contributed by atoms with Crippen molar-refractivity contribution in [3.05, 3.63) is 93.4 Å². The predicted octanol–water partition coefficient (Wildman–Crippen LogP) is 7.71. The largest absolute Gasteiger partial charge is 0.354 e. The summed E-state index contributed by atoms with van der Waals surface area (Å²) in [5.74, 6) is -0.0146. The number of nitrogens with zero attached hydrogens (tertiary/aromatic N) is 1. The first-order valence-electron chi connectivity index (χ1n) is 12.1. The van der Waals surface area contributed by atoms with Gasteiger partial charge in [0.2, 0.25) is 0 Å². The van der Waals surface area contributed by atoms with Gasteiger partial charge in [-0.2, -0.15) is 0 Å². The minimum absolute atomic E-state index is 0.0146. The molecule has 1 amide bonds. The van der Waals surface area contributed by atoms with Crippen LogP contribution in [0.2, 0.25) is 0 Å². The van der Waals surface area contributed by atoms with Gasteiger partial charge in [0.25, 0.3) is 5.91 Å². The third-order valence-corrected chi connectivity index (χ3v) is 8.30. The van der Waals surface area contributed by atoms with Gasteiger partial charge >= 0.3 is 0 Å². The summed E-state index contributed by atoms with van der Waals surface area (Å²) >= 11 is 1.65. The first kappa shape index (κ1) is 21.8. The first-order chi connectivity index (χ1) is 17.1. The maximum Gasteiger partial charge on any atom is 0.265 e. The molecule has 5 aromatic rings. The number of aryl methyl sites for hydroxylation is 3. The van der Waals surface area contributed by atoms with Crippen LogP contribution in [-0.2, 0) is 12.8 Å². The van der Waals surface area contributed by atoms with E-state index in [1.807, 2.05) is 24.4 Å². The summed E-state index contributed by atoms with van der Waals surface area (Å²) in [6.07, 6.45) is 8.31. The summed E-state index contributed by atoms with van der Waals surface area (Å²) in [6.45, 7) is 4.21. The average Bonchev–Trinajstić information content (AvgIpc) is 3.52. The number of H-pyrrole nitrogens is 1. The lowest BCUT2D eigenvalue weighted by Gasteiger charge is -2.14. The van der Waals surface area contributed by atoms with Gasteiger partial charge in [0.05, 0.1) is 4.88 Å². The highest BCUT2D eigenvalue weighted by Crippen LogP contribution is 2.37. The molecule has 1 aliphatic rings. The monoisotopic (exact) mass is 477 g/mol. The molecule has 2 aromatic carbocycles. The Morgan fingerprint density at radius 1 is 1.00 bits per heavy atom. The van der Waals surface area contributed by atoms with Gasteiger partial charge in [-0.15, -0.1) is 11.3 Å². The van der Waals surface area contributed by atoms with Crippen LogP contribution < -0.4 is 5.32 Å². The molecule has 0 fully saturated rings. The molecular weight excluding hydrogens is 450 g/mol. The second kappa shape index (κ2) is 8.82. The van der Waals surface area contributed by atoms with Crippen LogP contribution in [0.3, 0.4) is 0 Å². The number of amides is 1. The fraction of sp³-hybridized carbons (Fsp3) is 0.200. The summed E-state index contributed by atoms with van der Waals surface area (Å²) in [5, 5.41) is 4.36. The molecule has 3 heterocycles. The van der Waals surface area contributed by atoms with Crippen molar-refractivity contribution in [3.63, 3.8) is 0 Å². The molecule has 0 unspecified atom stereocenters. The van der Waals surface area contributed by atoms with E-state index in [0.717, 1.165) is 56.9 Å². The Balaban J connectivity index is 1.37. The number of rotatable bonds is 4. The second-order valence-corrected chi connectivity index (χ2v) is 10.5. The zero-order chi connectivity index (χ0) is 23.9. The molecule has 174 valence electrons. The third kappa shape index (κ3) is 3.96. The minimum Gasteiger partial charge on any atom is -0.354 e. The first-order valence-corrected chi connectivity index (χ1v) is 13.0. The second-order valence-electron chi connectivity index (χ2n) is 9.34. The molecule has 35 heavy (non-hydrogen) atoms. The maximum absolute atomic E-state index is 13.1. The van der Waals surface area contributed by atoms with Crippen molar-refractivity contribution < 1.29 is 4.79 Å². The van der Waals surface area contributed by atoms with E-state index in [2.05, 4.69) is 65.5 Å². The van der Waals surface area contributed by atoms with Crippen LogP contribution in [0, 0.1) is 13.8 Å². The molecule has 5 heteroatoms. The van der Waals surface area contributed by atoms with E-state index in [-0.39, 0.29) is 5.91 Å². The Labute approximate surface area is 209 Å². The van der Waals surface area contributed by atoms with Crippen molar-refractivity contribution in [2.45, 2.75) is 39.5 Å². The highest BCUT2D eigenvalue weighted by molar-refractivity contribution is 7.14. The number of aromatic amines is 1. The Hall–Kier alpha value is -3.70. The van der Waals surface area contributed by atoms with Gasteiger partial charge in [0.1, 0.15) is 0 Å². The molecule has 0 radical (unpaired) electrons. The number of anilines is 1.